The molecule has 1 fully saturated rings. The molecule has 1 aliphatic heterocycles. The molecular formula is C18H26N2O5S. The number of hydrogen-bond donors (Lipinski definition) is 1. The van der Waals surface area contributed by atoms with Crippen molar-refractivity contribution in [2.24, 2.45) is 5.92 Å². The van der Waals surface area contributed by atoms with E-state index in [0.717, 1.165) is 31.9 Å². The Balaban J connectivity index is 1.64. The monoisotopic (exact) mass is 382 g/mol. The van der Waals surface area contributed by atoms with E-state index < -0.39 is 10.0 Å². The van der Waals surface area contributed by atoms with E-state index in [9.17, 15) is 13.2 Å². The number of anilines is 1. The topological polar surface area (TPSA) is 84.9 Å². The molecule has 144 valence electrons. The smallest absolute Gasteiger partial charge is 0.232 e. The van der Waals surface area contributed by atoms with Crippen LogP contribution >= 0.6 is 0 Å². The molecule has 2 aliphatic rings. The maximum Gasteiger partial charge on any atom is 0.232 e. The second-order valence-electron chi connectivity index (χ2n) is 6.79. The van der Waals surface area contributed by atoms with E-state index in [1.54, 1.807) is 18.2 Å². The van der Waals surface area contributed by atoms with Gasteiger partial charge in [-0.1, -0.05) is 19.3 Å². The van der Waals surface area contributed by atoms with Gasteiger partial charge in [-0.2, -0.15) is 0 Å². The molecule has 26 heavy (non-hydrogen) atoms. The Hall–Kier alpha value is -1.96. The fourth-order valence-corrected chi connectivity index (χ4v) is 4.38. The van der Waals surface area contributed by atoms with Gasteiger partial charge in [0.2, 0.25) is 15.9 Å². The van der Waals surface area contributed by atoms with E-state index in [1.165, 1.54) is 10.7 Å². The Morgan fingerprint density at radius 1 is 1.15 bits per heavy atom. The van der Waals surface area contributed by atoms with Crippen molar-refractivity contribution in [3.8, 4) is 11.5 Å². The number of nitrogens with zero attached hydrogens (tertiary/aromatic N) is 1. The van der Waals surface area contributed by atoms with Crippen molar-refractivity contribution in [2.45, 2.75) is 32.1 Å². The van der Waals surface area contributed by atoms with E-state index >= 15 is 0 Å². The Bertz CT molecular complexity index is 744. The van der Waals surface area contributed by atoms with Crippen LogP contribution in [0.1, 0.15) is 32.1 Å². The molecule has 1 N–H and O–H groups in total. The maximum atomic E-state index is 12.2. The minimum Gasteiger partial charge on any atom is -0.486 e. The highest BCUT2D eigenvalue weighted by molar-refractivity contribution is 7.92. The zero-order valence-corrected chi connectivity index (χ0v) is 15.9. The molecule has 0 saturated heterocycles. The van der Waals surface area contributed by atoms with Crippen molar-refractivity contribution < 1.29 is 22.7 Å². The summed E-state index contributed by atoms with van der Waals surface area (Å²) in [5.74, 6) is 1.23. The largest absolute Gasteiger partial charge is 0.486 e. The van der Waals surface area contributed by atoms with Crippen molar-refractivity contribution in [3.63, 3.8) is 0 Å². The van der Waals surface area contributed by atoms with Crippen molar-refractivity contribution >= 4 is 21.6 Å². The number of carbonyl (C=O) groups excluding carboxylic acids is 1. The third kappa shape index (κ3) is 4.60. The molecule has 1 aliphatic carbocycles. The normalized spacial score (nSPS) is 17.6. The van der Waals surface area contributed by atoms with Crippen LogP contribution in [0.25, 0.3) is 0 Å². The summed E-state index contributed by atoms with van der Waals surface area (Å²) >= 11 is 0. The highest BCUT2D eigenvalue weighted by atomic mass is 32.2. The van der Waals surface area contributed by atoms with Crippen LogP contribution in [0.2, 0.25) is 0 Å². The number of benzene rings is 1. The first kappa shape index (κ1) is 18.8. The summed E-state index contributed by atoms with van der Waals surface area (Å²) in [5, 5.41) is 2.89. The minimum absolute atomic E-state index is 0.0281. The lowest BCUT2D eigenvalue weighted by Crippen LogP contribution is -2.40. The molecule has 1 saturated carbocycles. The summed E-state index contributed by atoms with van der Waals surface area (Å²) in [6.07, 6.45) is 6.37. The fraction of sp³-hybridized carbons (Fsp3) is 0.611. The van der Waals surface area contributed by atoms with Crippen LogP contribution in [0.3, 0.4) is 0 Å². The molecule has 0 spiro atoms. The third-order valence-corrected chi connectivity index (χ3v) is 6.00. The van der Waals surface area contributed by atoms with Gasteiger partial charge in [-0.05, 0) is 25.0 Å². The molecule has 1 aromatic rings. The van der Waals surface area contributed by atoms with Gasteiger partial charge >= 0.3 is 0 Å². The van der Waals surface area contributed by atoms with Crippen LogP contribution in [0, 0.1) is 5.92 Å². The number of fused-ring (bicyclic) bond motifs is 1. The lowest BCUT2D eigenvalue weighted by molar-refractivity contribution is -0.125. The van der Waals surface area contributed by atoms with Crippen LogP contribution in [0.4, 0.5) is 5.69 Å². The van der Waals surface area contributed by atoms with Gasteiger partial charge in [0.1, 0.15) is 13.2 Å². The van der Waals surface area contributed by atoms with Gasteiger partial charge < -0.3 is 14.8 Å². The van der Waals surface area contributed by atoms with Crippen molar-refractivity contribution in [2.75, 3.05) is 36.9 Å². The van der Waals surface area contributed by atoms with Crippen LogP contribution in [-0.4, -0.2) is 46.9 Å². The predicted molar refractivity (Wildman–Crippen MR) is 99.2 cm³/mol. The van der Waals surface area contributed by atoms with E-state index in [2.05, 4.69) is 5.32 Å². The Morgan fingerprint density at radius 2 is 1.85 bits per heavy atom. The van der Waals surface area contributed by atoms with E-state index in [1.807, 2.05) is 0 Å². The molecule has 8 heteroatoms. The third-order valence-electron chi connectivity index (χ3n) is 4.80. The van der Waals surface area contributed by atoms with Gasteiger partial charge in [-0.3, -0.25) is 9.10 Å². The van der Waals surface area contributed by atoms with Crippen LogP contribution in [0.15, 0.2) is 18.2 Å². The number of carbonyl (C=O) groups is 1. The second kappa shape index (κ2) is 8.16. The number of hydrogen-bond acceptors (Lipinski definition) is 5. The molecule has 1 heterocycles. The number of nitrogens with one attached hydrogen (secondary N) is 1. The Kier molecular flexibility index (Phi) is 5.90. The average molecular weight is 382 g/mol. The summed E-state index contributed by atoms with van der Waals surface area (Å²) in [6, 6.07) is 5.07. The number of sulfonamides is 1. The summed E-state index contributed by atoms with van der Waals surface area (Å²) in [6.45, 7) is 1.37. The first-order valence-corrected chi connectivity index (χ1v) is 10.9. The fourth-order valence-electron chi connectivity index (χ4n) is 3.46. The maximum absolute atomic E-state index is 12.2. The standard InChI is InChI=1S/C18H26N2O5S/c1-26(22,23)20(10-9-19-18(21)14-5-3-2-4-6-14)15-7-8-16-17(13-15)25-12-11-24-16/h7-8,13-14H,2-6,9-12H2,1H3,(H,19,21). The number of ether oxygens (including phenoxy) is 2. The van der Waals surface area contributed by atoms with Gasteiger partial charge in [0, 0.05) is 18.5 Å². The van der Waals surface area contributed by atoms with E-state index in [0.29, 0.717) is 30.4 Å². The van der Waals surface area contributed by atoms with Crippen LogP contribution in [-0.2, 0) is 14.8 Å². The van der Waals surface area contributed by atoms with Gasteiger partial charge in [-0.15, -0.1) is 0 Å². The Morgan fingerprint density at radius 3 is 2.54 bits per heavy atom. The highest BCUT2D eigenvalue weighted by Crippen LogP contribution is 2.34. The summed E-state index contributed by atoms with van der Waals surface area (Å²) in [5.41, 5.74) is 0.503. The first-order chi connectivity index (χ1) is 12.4. The second-order valence-corrected chi connectivity index (χ2v) is 8.70. The summed E-state index contributed by atoms with van der Waals surface area (Å²) in [4.78, 5) is 12.2. The van der Waals surface area contributed by atoms with E-state index in [4.69, 9.17) is 9.47 Å². The number of rotatable bonds is 6. The number of amides is 1. The molecular weight excluding hydrogens is 356 g/mol. The molecule has 7 nitrogen and oxygen atoms in total. The lowest BCUT2D eigenvalue weighted by atomic mass is 9.89. The zero-order valence-electron chi connectivity index (χ0n) is 15.1. The molecule has 0 radical (unpaired) electrons. The molecule has 0 unspecified atom stereocenters. The van der Waals surface area contributed by atoms with Gasteiger partial charge in [-0.25, -0.2) is 8.42 Å². The first-order valence-electron chi connectivity index (χ1n) is 9.10. The summed E-state index contributed by atoms with van der Waals surface area (Å²) < 4.78 is 36.7. The molecule has 0 atom stereocenters. The minimum atomic E-state index is -3.48. The molecule has 0 bridgehead atoms. The summed E-state index contributed by atoms with van der Waals surface area (Å²) in [7, 11) is -3.48. The van der Waals surface area contributed by atoms with E-state index in [-0.39, 0.29) is 24.9 Å². The van der Waals surface area contributed by atoms with Gasteiger partial charge in [0.05, 0.1) is 18.5 Å². The molecule has 1 amide bonds. The van der Waals surface area contributed by atoms with Crippen molar-refractivity contribution in [3.05, 3.63) is 18.2 Å². The Labute approximate surface area is 154 Å². The van der Waals surface area contributed by atoms with Crippen LogP contribution in [0.5, 0.6) is 11.5 Å². The molecule has 1 aromatic carbocycles. The highest BCUT2D eigenvalue weighted by Gasteiger charge is 2.23. The van der Waals surface area contributed by atoms with Gasteiger partial charge in [0.15, 0.2) is 11.5 Å². The molecule has 0 aromatic heterocycles. The van der Waals surface area contributed by atoms with Gasteiger partial charge in [0.25, 0.3) is 0 Å². The van der Waals surface area contributed by atoms with Crippen molar-refractivity contribution in [1.29, 1.82) is 0 Å². The average Bonchev–Trinajstić information content (AvgIpc) is 2.64. The predicted octanol–water partition coefficient (Wildman–Crippen LogP) is 1.92. The van der Waals surface area contributed by atoms with Crippen LogP contribution < -0.4 is 19.1 Å². The SMILES string of the molecule is CS(=O)(=O)N(CCNC(=O)C1CCCCC1)c1ccc2c(c1)OCCO2. The quantitative estimate of drug-likeness (QED) is 0.812. The van der Waals surface area contributed by atoms with Crippen molar-refractivity contribution in [1.82, 2.24) is 5.32 Å². The zero-order chi connectivity index (χ0) is 18.6. The molecule has 3 rings (SSSR count). The lowest BCUT2D eigenvalue weighted by Gasteiger charge is -2.26.